The molecule has 0 spiro atoms. The minimum Gasteiger partial charge on any atom is -0.391 e. The summed E-state index contributed by atoms with van der Waals surface area (Å²) in [7, 11) is 0. The van der Waals surface area contributed by atoms with Crippen LogP contribution >= 0.6 is 0 Å². The van der Waals surface area contributed by atoms with Gasteiger partial charge in [0.15, 0.2) is 0 Å². The molecule has 0 aliphatic heterocycles. The molecule has 0 bridgehead atoms. The summed E-state index contributed by atoms with van der Waals surface area (Å²) < 4.78 is 0. The van der Waals surface area contributed by atoms with Gasteiger partial charge in [-0.2, -0.15) is 5.26 Å². The third-order valence-electron chi connectivity index (χ3n) is 3.79. The third-order valence-corrected chi connectivity index (χ3v) is 3.79. The van der Waals surface area contributed by atoms with Crippen LogP contribution in [0.2, 0.25) is 0 Å². The lowest BCUT2D eigenvalue weighted by Crippen LogP contribution is -2.44. The Bertz CT molecular complexity index is 273. The van der Waals surface area contributed by atoms with Crippen LogP contribution in [0.25, 0.3) is 0 Å². The van der Waals surface area contributed by atoms with Crippen molar-refractivity contribution in [1.29, 1.82) is 5.26 Å². The molecule has 1 saturated carbocycles. The lowest BCUT2D eigenvalue weighted by Gasteiger charge is -2.43. The van der Waals surface area contributed by atoms with E-state index in [4.69, 9.17) is 5.26 Å². The van der Waals surface area contributed by atoms with E-state index in [0.717, 1.165) is 38.5 Å². The van der Waals surface area contributed by atoms with Crippen molar-refractivity contribution in [3.63, 3.8) is 0 Å². The third kappa shape index (κ3) is 1.46. The first-order chi connectivity index (χ1) is 6.78. The van der Waals surface area contributed by atoms with E-state index in [2.05, 4.69) is 18.2 Å². The predicted molar refractivity (Wildman–Crippen MR) is 54.4 cm³/mol. The lowest BCUT2D eigenvalue weighted by atomic mass is 9.62. The Kier molecular flexibility index (Phi) is 2.60. The first-order valence-corrected chi connectivity index (χ1v) is 5.53. The summed E-state index contributed by atoms with van der Waals surface area (Å²) in [4.78, 5) is 0. The highest BCUT2D eigenvalue weighted by molar-refractivity contribution is 5.11. The van der Waals surface area contributed by atoms with Crippen LogP contribution in [0.5, 0.6) is 0 Å². The molecule has 2 aliphatic rings. The summed E-state index contributed by atoms with van der Waals surface area (Å²) in [5.74, 6) is 0.319. The Balaban J connectivity index is 2.03. The molecule has 76 valence electrons. The molecule has 0 aromatic rings. The molecule has 0 aromatic carbocycles. The van der Waals surface area contributed by atoms with Gasteiger partial charge in [-0.3, -0.25) is 0 Å². The van der Waals surface area contributed by atoms with Crippen molar-refractivity contribution in [3.05, 3.63) is 12.2 Å². The van der Waals surface area contributed by atoms with Gasteiger partial charge in [0.2, 0.25) is 0 Å². The van der Waals surface area contributed by atoms with Crippen LogP contribution in [-0.2, 0) is 0 Å². The van der Waals surface area contributed by atoms with Crippen molar-refractivity contribution in [2.75, 3.05) is 0 Å². The Morgan fingerprint density at radius 3 is 2.64 bits per heavy atom. The molecule has 0 heterocycles. The second-order valence-corrected chi connectivity index (χ2v) is 4.61. The molecule has 0 amide bonds. The Hall–Kier alpha value is -0.810. The van der Waals surface area contributed by atoms with E-state index >= 15 is 0 Å². The van der Waals surface area contributed by atoms with Crippen LogP contribution in [0.1, 0.15) is 38.5 Å². The van der Waals surface area contributed by atoms with Crippen molar-refractivity contribution < 1.29 is 5.11 Å². The first kappa shape index (κ1) is 9.73. The maximum Gasteiger partial charge on any atom is 0.0835 e. The molecule has 14 heavy (non-hydrogen) atoms. The number of hydrogen-bond donors (Lipinski definition) is 1. The van der Waals surface area contributed by atoms with Crippen LogP contribution in [0, 0.1) is 22.7 Å². The molecule has 2 heteroatoms. The fourth-order valence-corrected chi connectivity index (χ4v) is 2.59. The van der Waals surface area contributed by atoms with Gasteiger partial charge in [0.25, 0.3) is 0 Å². The van der Waals surface area contributed by atoms with Crippen LogP contribution in [0.4, 0.5) is 0 Å². The number of hydrogen-bond acceptors (Lipinski definition) is 2. The zero-order chi connectivity index (χ0) is 10.0. The van der Waals surface area contributed by atoms with E-state index in [1.54, 1.807) is 0 Å². The van der Waals surface area contributed by atoms with Crippen LogP contribution in [-0.4, -0.2) is 11.2 Å². The molecule has 2 rings (SSSR count). The second kappa shape index (κ2) is 3.74. The molecular formula is C12H17NO. The number of allylic oxidation sites excluding steroid dienone is 2. The van der Waals surface area contributed by atoms with E-state index in [0.29, 0.717) is 5.92 Å². The molecule has 2 nitrogen and oxygen atoms in total. The highest BCUT2D eigenvalue weighted by Crippen LogP contribution is 2.47. The van der Waals surface area contributed by atoms with Crippen molar-refractivity contribution in [1.82, 2.24) is 0 Å². The topological polar surface area (TPSA) is 44.0 Å². The number of aliphatic hydroxyl groups is 1. The smallest absolute Gasteiger partial charge is 0.0835 e. The normalized spacial score (nSPS) is 31.6. The van der Waals surface area contributed by atoms with Gasteiger partial charge in [-0.15, -0.1) is 0 Å². The number of rotatable bonds is 2. The molecule has 0 radical (unpaired) electrons. The highest BCUT2D eigenvalue weighted by atomic mass is 16.3. The summed E-state index contributed by atoms with van der Waals surface area (Å²) in [5.41, 5.74) is -0.393. The molecule has 1 fully saturated rings. The molecular weight excluding hydrogens is 174 g/mol. The summed E-state index contributed by atoms with van der Waals surface area (Å²) in [6.45, 7) is 0. The SMILES string of the molecule is N#CC1(C(O)C2CC=CCC2)CCC1. The predicted octanol–water partition coefficient (Wildman–Crippen LogP) is 2.40. The van der Waals surface area contributed by atoms with E-state index in [-0.39, 0.29) is 0 Å². The first-order valence-electron chi connectivity index (χ1n) is 5.53. The van der Waals surface area contributed by atoms with Gasteiger partial charge < -0.3 is 5.11 Å². The minimum absolute atomic E-state index is 0.319. The lowest BCUT2D eigenvalue weighted by molar-refractivity contribution is -0.0331. The highest BCUT2D eigenvalue weighted by Gasteiger charge is 2.46. The molecule has 2 unspecified atom stereocenters. The summed E-state index contributed by atoms with van der Waals surface area (Å²) >= 11 is 0. The standard InChI is InChI=1S/C12H17NO/c13-9-12(7-4-8-12)11(14)10-5-2-1-3-6-10/h1-2,10-11,14H,3-8H2. The number of nitrogens with zero attached hydrogens (tertiary/aromatic N) is 1. The zero-order valence-corrected chi connectivity index (χ0v) is 8.45. The fourth-order valence-electron chi connectivity index (χ4n) is 2.59. The second-order valence-electron chi connectivity index (χ2n) is 4.61. The van der Waals surface area contributed by atoms with Crippen LogP contribution in [0.15, 0.2) is 12.2 Å². The summed E-state index contributed by atoms with van der Waals surface area (Å²) in [6, 6.07) is 2.34. The molecule has 2 atom stereocenters. The average Bonchev–Trinajstić information content (AvgIpc) is 2.18. The van der Waals surface area contributed by atoms with Gasteiger partial charge >= 0.3 is 0 Å². The zero-order valence-electron chi connectivity index (χ0n) is 8.45. The van der Waals surface area contributed by atoms with Crippen molar-refractivity contribution in [2.45, 2.75) is 44.6 Å². The molecule has 1 N–H and O–H groups in total. The maximum atomic E-state index is 10.2. The van der Waals surface area contributed by atoms with Crippen LogP contribution in [0.3, 0.4) is 0 Å². The molecule has 2 aliphatic carbocycles. The fraction of sp³-hybridized carbons (Fsp3) is 0.750. The monoisotopic (exact) mass is 191 g/mol. The van der Waals surface area contributed by atoms with Gasteiger partial charge in [-0.05, 0) is 38.0 Å². The van der Waals surface area contributed by atoms with E-state index < -0.39 is 11.5 Å². The van der Waals surface area contributed by atoms with Crippen LogP contribution < -0.4 is 0 Å². The van der Waals surface area contributed by atoms with Gasteiger partial charge in [-0.1, -0.05) is 18.6 Å². The minimum atomic E-state index is -0.397. The Labute approximate surface area is 85.2 Å². The Morgan fingerprint density at radius 1 is 1.43 bits per heavy atom. The van der Waals surface area contributed by atoms with Gasteiger partial charge in [0.1, 0.15) is 0 Å². The number of nitriles is 1. The van der Waals surface area contributed by atoms with E-state index in [1.807, 2.05) is 0 Å². The average molecular weight is 191 g/mol. The molecule has 0 aromatic heterocycles. The largest absolute Gasteiger partial charge is 0.391 e. The summed E-state index contributed by atoms with van der Waals surface area (Å²) in [5, 5.41) is 19.3. The van der Waals surface area contributed by atoms with E-state index in [1.165, 1.54) is 0 Å². The van der Waals surface area contributed by atoms with Crippen molar-refractivity contribution in [3.8, 4) is 6.07 Å². The van der Waals surface area contributed by atoms with Gasteiger partial charge in [0, 0.05) is 0 Å². The number of aliphatic hydroxyl groups excluding tert-OH is 1. The molecule has 0 saturated heterocycles. The summed E-state index contributed by atoms with van der Waals surface area (Å²) in [6.07, 6.45) is 9.85. The van der Waals surface area contributed by atoms with Crippen molar-refractivity contribution in [2.24, 2.45) is 11.3 Å². The van der Waals surface area contributed by atoms with Crippen molar-refractivity contribution >= 4 is 0 Å². The quantitative estimate of drug-likeness (QED) is 0.681. The van der Waals surface area contributed by atoms with Gasteiger partial charge in [0.05, 0.1) is 17.6 Å². The van der Waals surface area contributed by atoms with E-state index in [9.17, 15) is 5.11 Å². The maximum absolute atomic E-state index is 10.2. The Morgan fingerprint density at radius 2 is 2.21 bits per heavy atom. The van der Waals surface area contributed by atoms with Gasteiger partial charge in [-0.25, -0.2) is 0 Å².